The second-order valence-electron chi connectivity index (χ2n) is 4.97. The predicted molar refractivity (Wildman–Crippen MR) is 67.9 cm³/mol. The molecule has 0 spiro atoms. The summed E-state index contributed by atoms with van der Waals surface area (Å²) < 4.78 is 15.2. The molecule has 1 amide bonds. The quantitative estimate of drug-likeness (QED) is 0.706. The normalized spacial score (nSPS) is 11.5. The Morgan fingerprint density at radius 1 is 1.21 bits per heavy atom. The van der Waals surface area contributed by atoms with Crippen LogP contribution in [0.3, 0.4) is 0 Å². The third kappa shape index (κ3) is 8.39. The van der Waals surface area contributed by atoms with E-state index in [-0.39, 0.29) is 19.5 Å². The highest BCUT2D eigenvalue weighted by Gasteiger charge is 2.25. The molecule has 112 valence electrons. The van der Waals surface area contributed by atoms with E-state index in [1.165, 1.54) is 19.1 Å². The lowest BCUT2D eigenvalue weighted by molar-refractivity contribution is -0.138. The number of carboxylic acid groups (broad SMARTS) is 1. The van der Waals surface area contributed by atoms with Gasteiger partial charge >= 0.3 is 12.1 Å². The lowest BCUT2D eigenvalue weighted by Gasteiger charge is -2.29. The number of rotatable bonds is 7. The molecule has 0 radical (unpaired) electrons. The van der Waals surface area contributed by atoms with E-state index in [0.717, 1.165) is 0 Å². The molecule has 0 aromatic rings. The van der Waals surface area contributed by atoms with Crippen LogP contribution in [0.1, 0.15) is 27.2 Å². The van der Waals surface area contributed by atoms with Crippen molar-refractivity contribution in [1.82, 2.24) is 4.90 Å². The van der Waals surface area contributed by atoms with Crippen LogP contribution in [-0.2, 0) is 19.0 Å². The molecule has 0 rings (SSSR count). The van der Waals surface area contributed by atoms with Crippen molar-refractivity contribution in [2.45, 2.75) is 39.1 Å². The summed E-state index contributed by atoms with van der Waals surface area (Å²) in [5.74, 6) is -0.986. The maximum atomic E-state index is 11.9. The Hall–Kier alpha value is -1.34. The van der Waals surface area contributed by atoms with Gasteiger partial charge in [0.15, 0.2) is 6.29 Å². The Labute approximate surface area is 113 Å². The van der Waals surface area contributed by atoms with Gasteiger partial charge in [-0.15, -0.1) is 0 Å². The summed E-state index contributed by atoms with van der Waals surface area (Å²) in [5, 5.41) is 8.68. The number of nitrogens with zero attached hydrogens (tertiary/aromatic N) is 1. The largest absolute Gasteiger partial charge is 0.481 e. The second kappa shape index (κ2) is 7.96. The predicted octanol–water partition coefficient (Wildman–Crippen LogP) is 1.32. The van der Waals surface area contributed by atoms with Crippen molar-refractivity contribution >= 4 is 12.1 Å². The van der Waals surface area contributed by atoms with Crippen molar-refractivity contribution < 1.29 is 28.9 Å². The molecule has 0 saturated heterocycles. The zero-order valence-corrected chi connectivity index (χ0v) is 12.1. The Balaban J connectivity index is 4.64. The molecular formula is C12H23NO6. The SMILES string of the molecule is COC(CN(CCC(=O)O)C(=O)OC(C)(C)C)OC. The van der Waals surface area contributed by atoms with Crippen molar-refractivity contribution in [2.75, 3.05) is 27.3 Å². The van der Waals surface area contributed by atoms with Gasteiger partial charge in [-0.3, -0.25) is 4.79 Å². The standard InChI is InChI=1S/C12H23NO6/c1-12(2,3)19-11(16)13(7-6-9(14)15)8-10(17-4)18-5/h10H,6-8H2,1-5H3,(H,14,15). The maximum Gasteiger partial charge on any atom is 0.410 e. The third-order valence-corrected chi connectivity index (χ3v) is 2.14. The zero-order valence-electron chi connectivity index (χ0n) is 12.1. The van der Waals surface area contributed by atoms with Crippen LogP contribution < -0.4 is 0 Å². The van der Waals surface area contributed by atoms with Crippen molar-refractivity contribution in [3.63, 3.8) is 0 Å². The van der Waals surface area contributed by atoms with Crippen LogP contribution >= 0.6 is 0 Å². The molecule has 0 aromatic heterocycles. The summed E-state index contributed by atoms with van der Waals surface area (Å²) in [5.41, 5.74) is -0.645. The van der Waals surface area contributed by atoms with Crippen LogP contribution in [0.2, 0.25) is 0 Å². The molecule has 0 saturated carbocycles. The maximum absolute atomic E-state index is 11.9. The average Bonchev–Trinajstić information content (AvgIpc) is 2.26. The minimum atomic E-state index is -0.986. The summed E-state index contributed by atoms with van der Waals surface area (Å²) in [6, 6.07) is 0. The van der Waals surface area contributed by atoms with E-state index in [1.54, 1.807) is 20.8 Å². The minimum absolute atomic E-state index is 0.0352. The molecule has 19 heavy (non-hydrogen) atoms. The second-order valence-corrected chi connectivity index (χ2v) is 4.97. The first-order chi connectivity index (χ1) is 8.69. The van der Waals surface area contributed by atoms with Gasteiger partial charge in [0.05, 0.1) is 13.0 Å². The fourth-order valence-corrected chi connectivity index (χ4v) is 1.24. The summed E-state index contributed by atoms with van der Waals surface area (Å²) in [4.78, 5) is 23.8. The smallest absolute Gasteiger partial charge is 0.410 e. The highest BCUT2D eigenvalue weighted by Crippen LogP contribution is 2.11. The van der Waals surface area contributed by atoms with E-state index in [2.05, 4.69) is 0 Å². The van der Waals surface area contributed by atoms with Gasteiger partial charge in [-0.05, 0) is 20.8 Å². The monoisotopic (exact) mass is 277 g/mol. The topological polar surface area (TPSA) is 85.3 Å². The zero-order chi connectivity index (χ0) is 15.1. The first kappa shape index (κ1) is 17.7. The number of aliphatic carboxylic acids is 1. The summed E-state index contributed by atoms with van der Waals surface area (Å²) >= 11 is 0. The summed E-state index contributed by atoms with van der Waals surface area (Å²) in [6.45, 7) is 5.36. The van der Waals surface area contributed by atoms with Crippen LogP contribution in [0.5, 0.6) is 0 Å². The average molecular weight is 277 g/mol. The Kier molecular flexibility index (Phi) is 7.40. The van der Waals surface area contributed by atoms with E-state index in [1.807, 2.05) is 0 Å². The molecule has 0 unspecified atom stereocenters. The highest BCUT2D eigenvalue weighted by atomic mass is 16.7. The molecule has 0 bridgehead atoms. The van der Waals surface area contributed by atoms with Gasteiger partial charge in [0.25, 0.3) is 0 Å². The summed E-state index contributed by atoms with van der Waals surface area (Å²) in [7, 11) is 2.89. The third-order valence-electron chi connectivity index (χ3n) is 2.14. The van der Waals surface area contributed by atoms with Crippen LogP contribution in [0.4, 0.5) is 4.79 Å². The first-order valence-corrected chi connectivity index (χ1v) is 5.95. The van der Waals surface area contributed by atoms with E-state index in [9.17, 15) is 9.59 Å². The number of ether oxygens (including phenoxy) is 3. The van der Waals surface area contributed by atoms with Gasteiger partial charge in [0, 0.05) is 20.8 Å². The fourth-order valence-electron chi connectivity index (χ4n) is 1.24. The van der Waals surface area contributed by atoms with Crippen LogP contribution in [0.25, 0.3) is 0 Å². The molecule has 0 fully saturated rings. The van der Waals surface area contributed by atoms with Crippen molar-refractivity contribution in [1.29, 1.82) is 0 Å². The van der Waals surface area contributed by atoms with Gasteiger partial charge in [0.1, 0.15) is 5.60 Å². The van der Waals surface area contributed by atoms with Gasteiger partial charge in [0.2, 0.25) is 0 Å². The van der Waals surface area contributed by atoms with Gasteiger partial charge < -0.3 is 24.2 Å². The Morgan fingerprint density at radius 2 is 1.74 bits per heavy atom. The number of hydrogen-bond acceptors (Lipinski definition) is 5. The molecule has 7 nitrogen and oxygen atoms in total. The van der Waals surface area contributed by atoms with Crippen molar-refractivity contribution in [3.05, 3.63) is 0 Å². The molecule has 0 atom stereocenters. The number of carbonyl (C=O) groups is 2. The van der Waals surface area contributed by atoms with Gasteiger partial charge in [-0.1, -0.05) is 0 Å². The van der Waals surface area contributed by atoms with Crippen molar-refractivity contribution in [2.24, 2.45) is 0 Å². The molecule has 0 aliphatic carbocycles. The highest BCUT2D eigenvalue weighted by molar-refractivity contribution is 5.70. The molecule has 1 N–H and O–H groups in total. The Morgan fingerprint density at radius 3 is 2.11 bits per heavy atom. The van der Waals surface area contributed by atoms with E-state index in [0.29, 0.717) is 0 Å². The van der Waals surface area contributed by atoms with E-state index >= 15 is 0 Å². The lowest BCUT2D eigenvalue weighted by atomic mass is 10.2. The van der Waals surface area contributed by atoms with E-state index in [4.69, 9.17) is 19.3 Å². The number of methoxy groups -OCH3 is 2. The van der Waals surface area contributed by atoms with Gasteiger partial charge in [-0.25, -0.2) is 4.79 Å². The molecule has 0 heterocycles. The van der Waals surface area contributed by atoms with Crippen LogP contribution in [0, 0.1) is 0 Å². The lowest BCUT2D eigenvalue weighted by Crippen LogP contribution is -2.43. The Bertz CT molecular complexity index is 295. The summed E-state index contributed by atoms with van der Waals surface area (Å²) in [6.07, 6.45) is -1.38. The van der Waals surface area contributed by atoms with Crippen LogP contribution in [0.15, 0.2) is 0 Å². The van der Waals surface area contributed by atoms with Crippen LogP contribution in [-0.4, -0.2) is 61.3 Å². The molecular weight excluding hydrogens is 254 g/mol. The molecule has 7 heteroatoms. The number of amides is 1. The molecule has 0 aliphatic heterocycles. The van der Waals surface area contributed by atoms with Crippen molar-refractivity contribution in [3.8, 4) is 0 Å². The number of hydrogen-bond donors (Lipinski definition) is 1. The minimum Gasteiger partial charge on any atom is -0.481 e. The van der Waals surface area contributed by atoms with E-state index < -0.39 is 24.0 Å². The first-order valence-electron chi connectivity index (χ1n) is 5.95. The number of carbonyl (C=O) groups excluding carboxylic acids is 1. The van der Waals surface area contributed by atoms with Gasteiger partial charge in [-0.2, -0.15) is 0 Å². The molecule has 0 aliphatic rings. The number of carboxylic acids is 1. The fraction of sp³-hybridized carbons (Fsp3) is 0.833. The molecule has 0 aromatic carbocycles.